The predicted molar refractivity (Wildman–Crippen MR) is 152 cm³/mol. The third kappa shape index (κ3) is 8.52. The van der Waals surface area contributed by atoms with Gasteiger partial charge in [-0.25, -0.2) is 4.99 Å². The molecule has 3 amide bonds. The Morgan fingerprint density at radius 1 is 0.949 bits per heavy atom. The molecule has 14 heteroatoms. The lowest BCUT2D eigenvalue weighted by Gasteiger charge is -2.11. The zero-order valence-corrected chi connectivity index (χ0v) is 22.0. The second-order valence-electron chi connectivity index (χ2n) is 9.30. The van der Waals surface area contributed by atoms with Gasteiger partial charge >= 0.3 is 0 Å². The van der Waals surface area contributed by atoms with Crippen molar-refractivity contribution in [2.75, 3.05) is 30.3 Å². The number of hydrogen-bond acceptors (Lipinski definition) is 5. The van der Waals surface area contributed by atoms with E-state index in [4.69, 9.17) is 22.9 Å². The molecule has 0 aliphatic heterocycles. The van der Waals surface area contributed by atoms with Gasteiger partial charge in [-0.05, 0) is 36.6 Å². The number of aromatic nitrogens is 2. The van der Waals surface area contributed by atoms with Crippen LogP contribution in [0.15, 0.2) is 46.5 Å². The fourth-order valence-electron chi connectivity index (χ4n) is 3.78. The van der Waals surface area contributed by atoms with Crippen molar-refractivity contribution in [3.8, 4) is 0 Å². The van der Waals surface area contributed by atoms with Crippen molar-refractivity contribution >= 4 is 51.9 Å². The third-order valence-corrected chi connectivity index (χ3v) is 5.42. The van der Waals surface area contributed by atoms with Gasteiger partial charge in [-0.3, -0.25) is 19.4 Å². The van der Waals surface area contributed by atoms with Crippen LogP contribution in [0.25, 0.3) is 10.9 Å². The van der Waals surface area contributed by atoms with Crippen molar-refractivity contribution in [3.05, 3.63) is 47.9 Å². The molecule has 0 radical (unpaired) electrons. The normalized spacial score (nSPS) is 10.7. The number of nitrogens with one attached hydrogen (secondary N) is 4. The van der Waals surface area contributed by atoms with Crippen molar-refractivity contribution in [1.82, 2.24) is 14.9 Å². The number of carbonyl (C=O) groups is 3. The van der Waals surface area contributed by atoms with Crippen molar-refractivity contribution in [1.29, 1.82) is 0 Å². The molecule has 0 aliphatic rings. The number of fused-ring (bicyclic) bond motifs is 1. The Hall–Kier alpha value is -5.01. The van der Waals surface area contributed by atoms with Gasteiger partial charge in [0.25, 0.3) is 11.8 Å². The molecule has 2 heterocycles. The van der Waals surface area contributed by atoms with E-state index in [1.807, 2.05) is 13.8 Å². The minimum Gasteiger partial charge on any atom is -0.370 e. The Morgan fingerprint density at radius 3 is 2.38 bits per heavy atom. The fraction of sp³-hybridized carbons (Fsp3) is 0.320. The highest BCUT2D eigenvalue weighted by Gasteiger charge is 2.17. The van der Waals surface area contributed by atoms with Gasteiger partial charge in [0, 0.05) is 42.4 Å². The molecule has 0 saturated carbocycles. The molecule has 0 bridgehead atoms. The van der Waals surface area contributed by atoms with Gasteiger partial charge in [-0.15, -0.1) is 0 Å². The molecule has 14 nitrogen and oxygen atoms in total. The highest BCUT2D eigenvalue weighted by atomic mass is 16.2. The van der Waals surface area contributed by atoms with Gasteiger partial charge in [0.15, 0.2) is 11.9 Å². The summed E-state index contributed by atoms with van der Waals surface area (Å²) in [5.74, 6) is -0.954. The number of rotatable bonds is 12. The van der Waals surface area contributed by atoms with E-state index < -0.39 is 5.91 Å². The van der Waals surface area contributed by atoms with Gasteiger partial charge in [-0.2, -0.15) is 0 Å². The van der Waals surface area contributed by atoms with Crippen molar-refractivity contribution in [2.24, 2.45) is 38.8 Å². The summed E-state index contributed by atoms with van der Waals surface area (Å²) in [6.07, 6.45) is 2.29. The number of anilines is 2. The number of nitrogens with two attached hydrogens (primary N) is 4. The molecule has 0 spiro atoms. The average Bonchev–Trinajstić information content (AvgIpc) is 3.45. The molecule has 2 aromatic heterocycles. The Morgan fingerprint density at radius 2 is 1.69 bits per heavy atom. The Bertz CT molecular complexity index is 1390. The summed E-state index contributed by atoms with van der Waals surface area (Å²) in [6, 6.07) is 8.62. The molecule has 0 aliphatic carbocycles. The topological polar surface area (TPSA) is 237 Å². The van der Waals surface area contributed by atoms with Gasteiger partial charge in [0.1, 0.15) is 17.9 Å². The zero-order chi connectivity index (χ0) is 28.5. The van der Waals surface area contributed by atoms with Gasteiger partial charge in [0.2, 0.25) is 5.91 Å². The molecule has 0 atom stereocenters. The molecule has 39 heavy (non-hydrogen) atoms. The van der Waals surface area contributed by atoms with E-state index in [-0.39, 0.29) is 36.2 Å². The first kappa shape index (κ1) is 28.6. The Labute approximate surface area is 225 Å². The van der Waals surface area contributed by atoms with Crippen LogP contribution in [-0.2, 0) is 11.3 Å². The van der Waals surface area contributed by atoms with Gasteiger partial charge in [-0.1, -0.05) is 19.9 Å². The standard InChI is InChI=1S/C25H35N11O3/c1-14(2)12-36-13-17(33-21(37)11-32-25(28)29)10-20(36)23(39)34-16-5-4-15-8-19(35-18(15)9-16)22(38)30-6-3-7-31-24(26)27/h4-5,8-10,13-14,35H,3,6-7,11-12H2,1-2H3,(H,30,38)(H,33,37)(H,34,39)(H4,26,27,31)(H4,28,29,32). The van der Waals surface area contributed by atoms with E-state index >= 15 is 0 Å². The summed E-state index contributed by atoms with van der Waals surface area (Å²) in [4.78, 5) is 48.4. The lowest BCUT2D eigenvalue weighted by molar-refractivity contribution is -0.114. The number of amides is 3. The summed E-state index contributed by atoms with van der Waals surface area (Å²) >= 11 is 0. The van der Waals surface area contributed by atoms with E-state index in [2.05, 4.69) is 30.9 Å². The molecule has 0 unspecified atom stereocenters. The number of aromatic amines is 1. The first-order valence-electron chi connectivity index (χ1n) is 12.3. The number of hydrogen-bond donors (Lipinski definition) is 8. The summed E-state index contributed by atoms with van der Waals surface area (Å²) in [6.45, 7) is 5.22. The summed E-state index contributed by atoms with van der Waals surface area (Å²) < 4.78 is 1.78. The molecular weight excluding hydrogens is 502 g/mol. The number of guanidine groups is 2. The van der Waals surface area contributed by atoms with Crippen LogP contribution in [0.4, 0.5) is 11.4 Å². The average molecular weight is 538 g/mol. The lowest BCUT2D eigenvalue weighted by Crippen LogP contribution is -2.26. The Kier molecular flexibility index (Phi) is 9.51. The summed E-state index contributed by atoms with van der Waals surface area (Å²) in [5, 5.41) is 9.20. The van der Waals surface area contributed by atoms with Crippen molar-refractivity contribution in [3.63, 3.8) is 0 Å². The number of carbonyl (C=O) groups excluding carboxylic acids is 3. The van der Waals surface area contributed by atoms with Gasteiger partial charge < -0.3 is 48.4 Å². The first-order chi connectivity index (χ1) is 18.5. The predicted octanol–water partition coefficient (Wildman–Crippen LogP) is 0.483. The highest BCUT2D eigenvalue weighted by molar-refractivity contribution is 6.06. The molecule has 3 aromatic rings. The van der Waals surface area contributed by atoms with E-state index in [9.17, 15) is 14.4 Å². The van der Waals surface area contributed by atoms with E-state index in [1.165, 1.54) is 0 Å². The largest absolute Gasteiger partial charge is 0.370 e. The maximum atomic E-state index is 13.2. The quantitative estimate of drug-likeness (QED) is 0.0922. The minimum atomic E-state index is -0.414. The van der Waals surface area contributed by atoms with Crippen LogP contribution in [0.5, 0.6) is 0 Å². The highest BCUT2D eigenvalue weighted by Crippen LogP contribution is 2.22. The van der Waals surface area contributed by atoms with Crippen LogP contribution in [0.2, 0.25) is 0 Å². The molecular formula is C25H35N11O3. The zero-order valence-electron chi connectivity index (χ0n) is 22.0. The summed E-state index contributed by atoms with van der Waals surface area (Å²) in [7, 11) is 0. The number of nitrogens with zero attached hydrogens (tertiary/aromatic N) is 3. The second-order valence-corrected chi connectivity index (χ2v) is 9.30. The van der Waals surface area contributed by atoms with E-state index in [0.29, 0.717) is 54.3 Å². The first-order valence-corrected chi connectivity index (χ1v) is 12.3. The molecule has 3 rings (SSSR count). The number of benzene rings is 1. The SMILES string of the molecule is CC(C)Cn1cc(NC(=O)CN=C(N)N)cc1C(=O)Nc1ccc2cc(C(=O)NCCCN=C(N)N)[nH]c2c1. The number of H-pyrrole nitrogens is 1. The van der Waals surface area contributed by atoms with Crippen LogP contribution >= 0.6 is 0 Å². The molecule has 12 N–H and O–H groups in total. The van der Waals surface area contributed by atoms with Crippen LogP contribution in [0.3, 0.4) is 0 Å². The molecule has 0 fully saturated rings. The fourth-order valence-corrected chi connectivity index (χ4v) is 3.78. The lowest BCUT2D eigenvalue weighted by atomic mass is 10.2. The van der Waals surface area contributed by atoms with Gasteiger partial charge in [0.05, 0.1) is 5.69 Å². The third-order valence-electron chi connectivity index (χ3n) is 5.42. The van der Waals surface area contributed by atoms with Crippen molar-refractivity contribution < 1.29 is 14.4 Å². The van der Waals surface area contributed by atoms with E-state index in [1.54, 1.807) is 41.1 Å². The number of aliphatic imine (C=N–C) groups is 2. The second kappa shape index (κ2) is 13.0. The van der Waals surface area contributed by atoms with Crippen LogP contribution in [0.1, 0.15) is 41.2 Å². The maximum absolute atomic E-state index is 13.2. The molecule has 208 valence electrons. The van der Waals surface area contributed by atoms with Crippen molar-refractivity contribution in [2.45, 2.75) is 26.8 Å². The molecule has 0 saturated heterocycles. The van der Waals surface area contributed by atoms with Crippen LogP contribution in [0, 0.1) is 5.92 Å². The van der Waals surface area contributed by atoms with Crippen LogP contribution < -0.4 is 38.9 Å². The maximum Gasteiger partial charge on any atom is 0.272 e. The van der Waals surface area contributed by atoms with E-state index in [0.717, 1.165) is 5.39 Å². The smallest absolute Gasteiger partial charge is 0.272 e. The van der Waals surface area contributed by atoms with Crippen LogP contribution in [-0.4, -0.2) is 58.8 Å². The minimum absolute atomic E-state index is 0.0136. The Balaban J connectivity index is 1.70. The monoisotopic (exact) mass is 537 g/mol. The molecule has 1 aromatic carbocycles. The summed E-state index contributed by atoms with van der Waals surface area (Å²) in [5.41, 5.74) is 23.6.